The Kier molecular flexibility index (Phi) is 5.72. The molecule has 0 amide bonds. The first-order valence-corrected chi connectivity index (χ1v) is 10.5. The summed E-state index contributed by atoms with van der Waals surface area (Å²) in [6, 6.07) is 4.54. The normalized spacial score (nSPS) is 20.9. The maximum absolute atomic E-state index is 12.9. The van der Waals surface area contributed by atoms with E-state index in [4.69, 9.17) is 0 Å². The Bertz CT molecular complexity index is 933. The minimum absolute atomic E-state index is 0.0896. The molecule has 3 rings (SSSR count). The first-order chi connectivity index (χ1) is 13.1. The van der Waals surface area contributed by atoms with Gasteiger partial charge in [-0.3, -0.25) is 0 Å². The Labute approximate surface area is 162 Å². The molecule has 1 fully saturated rings. The lowest BCUT2D eigenvalue weighted by Crippen LogP contribution is -2.33. The Morgan fingerprint density at radius 1 is 1.18 bits per heavy atom. The molecule has 0 bridgehead atoms. The summed E-state index contributed by atoms with van der Waals surface area (Å²) < 4.78 is 67.0. The van der Waals surface area contributed by atoms with Crippen LogP contribution < -0.4 is 10.0 Å². The third-order valence-corrected chi connectivity index (χ3v) is 6.51. The number of halogens is 3. The molecule has 1 heterocycles. The largest absolute Gasteiger partial charge is 0.391 e. The number of alkyl halides is 3. The predicted molar refractivity (Wildman–Crippen MR) is 100 cm³/mol. The summed E-state index contributed by atoms with van der Waals surface area (Å²) in [6.45, 7) is 0. The molecule has 0 atom stereocenters. The number of hydrogen-bond acceptors (Lipinski definition) is 4. The van der Waals surface area contributed by atoms with Crippen LogP contribution in [-0.2, 0) is 17.1 Å². The van der Waals surface area contributed by atoms with Crippen LogP contribution >= 0.6 is 0 Å². The second-order valence-corrected chi connectivity index (χ2v) is 8.96. The predicted octanol–water partition coefficient (Wildman–Crippen LogP) is 3.53. The van der Waals surface area contributed by atoms with Gasteiger partial charge in [0.25, 0.3) is 0 Å². The van der Waals surface area contributed by atoms with Crippen LogP contribution in [0.5, 0.6) is 0 Å². The maximum Gasteiger partial charge on any atom is 0.391 e. The van der Waals surface area contributed by atoms with E-state index in [2.05, 4.69) is 15.0 Å². The Hall–Kier alpha value is -2.07. The van der Waals surface area contributed by atoms with Gasteiger partial charge in [-0.15, -0.1) is 0 Å². The third kappa shape index (κ3) is 4.49. The molecule has 0 aliphatic heterocycles. The molecule has 1 saturated carbocycles. The molecule has 1 aromatic heterocycles. The Balaban J connectivity index is 1.87. The molecular formula is C18H23F3N4O2S. The summed E-state index contributed by atoms with van der Waals surface area (Å²) in [5.41, 5.74) is 1.83. The van der Waals surface area contributed by atoms with Crippen molar-refractivity contribution < 1.29 is 21.6 Å². The lowest BCUT2D eigenvalue weighted by atomic mass is 9.85. The zero-order valence-electron chi connectivity index (χ0n) is 15.6. The van der Waals surface area contributed by atoms with Crippen molar-refractivity contribution in [3.05, 3.63) is 30.7 Å². The monoisotopic (exact) mass is 416 g/mol. The lowest BCUT2D eigenvalue weighted by molar-refractivity contribution is -0.182. The van der Waals surface area contributed by atoms with Gasteiger partial charge in [-0.1, -0.05) is 0 Å². The Morgan fingerprint density at radius 3 is 2.39 bits per heavy atom. The van der Waals surface area contributed by atoms with Crippen molar-refractivity contribution in [1.82, 2.24) is 14.3 Å². The van der Waals surface area contributed by atoms with E-state index >= 15 is 0 Å². The average molecular weight is 416 g/mol. The van der Waals surface area contributed by atoms with Crippen LogP contribution in [0.3, 0.4) is 0 Å². The van der Waals surface area contributed by atoms with Crippen LogP contribution in [0.25, 0.3) is 11.3 Å². The average Bonchev–Trinajstić information content (AvgIpc) is 3.08. The number of rotatable bonds is 5. The van der Waals surface area contributed by atoms with Crippen LogP contribution in [0.4, 0.5) is 18.9 Å². The number of imidazole rings is 1. The van der Waals surface area contributed by atoms with Crippen LogP contribution in [0.2, 0.25) is 0 Å². The summed E-state index contributed by atoms with van der Waals surface area (Å²) in [5, 5.41) is 3.29. The van der Waals surface area contributed by atoms with Gasteiger partial charge >= 0.3 is 6.18 Å². The van der Waals surface area contributed by atoms with Crippen LogP contribution in [0.1, 0.15) is 25.7 Å². The standard InChI is InChI=1S/C18H23F3N4O2S/c1-22-28(26,27)14-7-8-16(15(9-14)17-10-25(2)11-23-17)24-13-5-3-12(4-6-13)18(19,20)21/h7-13,22,24H,3-6H2,1-2H3/t12-,13-. The fraction of sp³-hybridized carbons (Fsp3) is 0.500. The minimum Gasteiger partial charge on any atom is -0.382 e. The summed E-state index contributed by atoms with van der Waals surface area (Å²) in [6.07, 6.45) is 0.209. The zero-order valence-corrected chi connectivity index (χ0v) is 16.4. The SMILES string of the molecule is CNS(=O)(=O)c1ccc(N[C@H]2CC[C@H](C(F)(F)F)CC2)c(-c2cn(C)cn2)c1. The van der Waals surface area contributed by atoms with Crippen molar-refractivity contribution in [2.24, 2.45) is 13.0 Å². The van der Waals surface area contributed by atoms with Crippen molar-refractivity contribution in [2.45, 2.75) is 42.8 Å². The first-order valence-electron chi connectivity index (χ1n) is 8.99. The summed E-state index contributed by atoms with van der Waals surface area (Å²) in [4.78, 5) is 4.39. The molecule has 1 aliphatic rings. The van der Waals surface area contributed by atoms with Gasteiger partial charge < -0.3 is 9.88 Å². The van der Waals surface area contributed by atoms with E-state index in [-0.39, 0.29) is 23.8 Å². The van der Waals surface area contributed by atoms with Gasteiger partial charge in [-0.25, -0.2) is 18.1 Å². The highest BCUT2D eigenvalue weighted by molar-refractivity contribution is 7.89. The van der Waals surface area contributed by atoms with E-state index in [1.807, 2.05) is 0 Å². The fourth-order valence-electron chi connectivity index (χ4n) is 3.48. The van der Waals surface area contributed by atoms with E-state index in [0.717, 1.165) is 0 Å². The summed E-state index contributed by atoms with van der Waals surface area (Å²) >= 11 is 0. The van der Waals surface area contributed by atoms with Crippen molar-refractivity contribution in [2.75, 3.05) is 12.4 Å². The van der Waals surface area contributed by atoms with Gasteiger partial charge in [0.15, 0.2) is 0 Å². The molecule has 28 heavy (non-hydrogen) atoms. The molecule has 154 valence electrons. The number of aryl methyl sites for hydroxylation is 1. The number of benzene rings is 1. The number of anilines is 1. The summed E-state index contributed by atoms with van der Waals surface area (Å²) in [7, 11) is -0.497. The fourth-order valence-corrected chi connectivity index (χ4v) is 4.24. The molecule has 0 spiro atoms. The number of nitrogens with zero attached hydrogens (tertiary/aromatic N) is 2. The van der Waals surface area contributed by atoms with Gasteiger partial charge in [0.1, 0.15) is 0 Å². The molecule has 1 aliphatic carbocycles. The van der Waals surface area contributed by atoms with Gasteiger partial charge in [0.2, 0.25) is 10.0 Å². The van der Waals surface area contributed by atoms with Crippen LogP contribution in [0.15, 0.2) is 35.6 Å². The molecule has 0 unspecified atom stereocenters. The van der Waals surface area contributed by atoms with E-state index in [9.17, 15) is 21.6 Å². The van der Waals surface area contributed by atoms with Gasteiger partial charge in [-0.05, 0) is 50.9 Å². The van der Waals surface area contributed by atoms with Gasteiger partial charge in [-0.2, -0.15) is 13.2 Å². The number of sulfonamides is 1. The second-order valence-electron chi connectivity index (χ2n) is 7.07. The molecule has 1 aromatic carbocycles. The molecule has 2 aromatic rings. The molecular weight excluding hydrogens is 393 g/mol. The molecule has 2 N–H and O–H groups in total. The van der Waals surface area contributed by atoms with Gasteiger partial charge in [0.05, 0.1) is 22.8 Å². The van der Waals surface area contributed by atoms with E-state index in [1.165, 1.54) is 19.2 Å². The number of nitrogens with one attached hydrogen (secondary N) is 2. The second kappa shape index (κ2) is 7.75. The lowest BCUT2D eigenvalue weighted by Gasteiger charge is -2.31. The highest BCUT2D eigenvalue weighted by Gasteiger charge is 2.41. The van der Waals surface area contributed by atoms with Crippen molar-refractivity contribution >= 4 is 15.7 Å². The molecule has 0 radical (unpaired) electrons. The quantitative estimate of drug-likeness (QED) is 0.782. The smallest absolute Gasteiger partial charge is 0.382 e. The third-order valence-electron chi connectivity index (χ3n) is 5.10. The highest BCUT2D eigenvalue weighted by atomic mass is 32.2. The van der Waals surface area contributed by atoms with E-state index in [0.29, 0.717) is 29.8 Å². The summed E-state index contributed by atoms with van der Waals surface area (Å²) in [5.74, 6) is -1.25. The van der Waals surface area contributed by atoms with Gasteiger partial charge in [0, 0.05) is 30.5 Å². The zero-order chi connectivity index (χ0) is 20.5. The van der Waals surface area contributed by atoms with Crippen molar-refractivity contribution in [1.29, 1.82) is 0 Å². The highest BCUT2D eigenvalue weighted by Crippen LogP contribution is 2.39. The number of aromatic nitrogens is 2. The Morgan fingerprint density at radius 2 is 1.86 bits per heavy atom. The van der Waals surface area contributed by atoms with E-state index < -0.39 is 22.1 Å². The molecule has 0 saturated heterocycles. The van der Waals surface area contributed by atoms with Crippen molar-refractivity contribution in [3.8, 4) is 11.3 Å². The molecule has 6 nitrogen and oxygen atoms in total. The minimum atomic E-state index is -4.15. The van der Waals surface area contributed by atoms with Crippen LogP contribution in [-0.4, -0.2) is 37.2 Å². The van der Waals surface area contributed by atoms with Crippen LogP contribution in [0, 0.1) is 5.92 Å². The van der Waals surface area contributed by atoms with Crippen molar-refractivity contribution in [3.63, 3.8) is 0 Å². The number of hydrogen-bond donors (Lipinski definition) is 2. The first kappa shape index (κ1) is 20.7. The molecule has 10 heteroatoms. The maximum atomic E-state index is 12.9. The topological polar surface area (TPSA) is 76.0 Å². The van der Waals surface area contributed by atoms with E-state index in [1.54, 1.807) is 30.2 Å².